The molecule has 0 heterocycles. The van der Waals surface area contributed by atoms with Crippen LogP contribution in [-0.4, -0.2) is 31.3 Å². The Balaban J connectivity index is 3.63. The van der Waals surface area contributed by atoms with Gasteiger partial charge in [-0.3, -0.25) is 0 Å². The van der Waals surface area contributed by atoms with Crippen LogP contribution in [0, 0.1) is 0 Å². The summed E-state index contributed by atoms with van der Waals surface area (Å²) in [6.07, 6.45) is 1.51. The van der Waals surface area contributed by atoms with Crippen LogP contribution in [0.3, 0.4) is 0 Å². The van der Waals surface area contributed by atoms with E-state index in [9.17, 15) is 4.79 Å². The molecule has 4 heteroatoms. The van der Waals surface area contributed by atoms with Crippen LogP contribution in [-0.2, 0) is 9.53 Å². The first kappa shape index (κ1) is 9.97. The zero-order valence-electron chi connectivity index (χ0n) is 6.76. The summed E-state index contributed by atoms with van der Waals surface area (Å²) in [5.74, 6) is -0.941. The Morgan fingerprint density at radius 3 is 2.73 bits per heavy atom. The first-order chi connectivity index (χ1) is 5.22. The molecule has 2 N–H and O–H groups in total. The molecule has 11 heavy (non-hydrogen) atoms. The van der Waals surface area contributed by atoms with Crippen LogP contribution in [0.2, 0.25) is 0 Å². The zero-order valence-corrected chi connectivity index (χ0v) is 6.76. The first-order valence-corrected chi connectivity index (χ1v) is 3.34. The monoisotopic (exact) mass is 159 g/mol. The molecule has 0 aromatic heterocycles. The Morgan fingerprint density at radius 1 is 1.73 bits per heavy atom. The van der Waals surface area contributed by atoms with E-state index in [-0.39, 0.29) is 5.70 Å². The molecule has 0 radical (unpaired) electrons. The summed E-state index contributed by atoms with van der Waals surface area (Å²) in [5, 5.41) is 11.2. The third-order valence-corrected chi connectivity index (χ3v) is 1.14. The summed E-state index contributed by atoms with van der Waals surface area (Å²) in [6.45, 7) is 2.69. The van der Waals surface area contributed by atoms with Crippen molar-refractivity contribution in [1.29, 1.82) is 0 Å². The Kier molecular flexibility index (Phi) is 5.20. The molecule has 4 nitrogen and oxygen atoms in total. The second-order valence-electron chi connectivity index (χ2n) is 1.93. The van der Waals surface area contributed by atoms with E-state index in [1.165, 1.54) is 6.08 Å². The fourth-order valence-corrected chi connectivity index (χ4v) is 0.589. The summed E-state index contributed by atoms with van der Waals surface area (Å²) in [7, 11) is 1.57. The summed E-state index contributed by atoms with van der Waals surface area (Å²) < 4.78 is 4.73. The van der Waals surface area contributed by atoms with Crippen molar-refractivity contribution in [3.8, 4) is 0 Å². The minimum Gasteiger partial charge on any atom is -0.477 e. The molecule has 0 aliphatic heterocycles. The molecule has 0 aromatic rings. The number of carbonyl (C=O) groups is 1. The number of methoxy groups -OCH3 is 1. The number of nitrogens with one attached hydrogen (secondary N) is 1. The van der Waals surface area contributed by atoms with Crippen LogP contribution in [0.25, 0.3) is 0 Å². The quantitative estimate of drug-likeness (QED) is 0.444. The van der Waals surface area contributed by atoms with Gasteiger partial charge in [0.05, 0.1) is 6.61 Å². The number of hydrogen-bond acceptors (Lipinski definition) is 3. The van der Waals surface area contributed by atoms with Crippen molar-refractivity contribution in [1.82, 2.24) is 5.32 Å². The summed E-state index contributed by atoms with van der Waals surface area (Å²) in [4.78, 5) is 10.4. The number of hydrogen-bond donors (Lipinski definition) is 2. The SMILES string of the molecule is C/C=C(\NCCOC)C(=O)O. The van der Waals surface area contributed by atoms with E-state index in [2.05, 4.69) is 5.32 Å². The van der Waals surface area contributed by atoms with Gasteiger partial charge in [0.25, 0.3) is 0 Å². The fraction of sp³-hybridized carbons (Fsp3) is 0.571. The Labute approximate surface area is 65.9 Å². The van der Waals surface area contributed by atoms with Gasteiger partial charge in [-0.2, -0.15) is 0 Å². The lowest BCUT2D eigenvalue weighted by Crippen LogP contribution is -2.23. The maximum absolute atomic E-state index is 10.4. The van der Waals surface area contributed by atoms with Crippen LogP contribution in [0.4, 0.5) is 0 Å². The maximum atomic E-state index is 10.4. The van der Waals surface area contributed by atoms with Crippen LogP contribution in [0.15, 0.2) is 11.8 Å². The van der Waals surface area contributed by atoms with E-state index in [0.717, 1.165) is 0 Å². The fourth-order valence-electron chi connectivity index (χ4n) is 0.589. The van der Waals surface area contributed by atoms with Crippen molar-refractivity contribution >= 4 is 5.97 Å². The highest BCUT2D eigenvalue weighted by Crippen LogP contribution is 1.86. The van der Waals surface area contributed by atoms with Gasteiger partial charge in [0.2, 0.25) is 0 Å². The summed E-state index contributed by atoms with van der Waals surface area (Å²) in [5.41, 5.74) is 0.210. The zero-order chi connectivity index (χ0) is 8.69. The number of carboxylic acid groups (broad SMARTS) is 1. The van der Waals surface area contributed by atoms with Crippen molar-refractivity contribution in [3.05, 3.63) is 11.8 Å². The van der Waals surface area contributed by atoms with E-state index in [4.69, 9.17) is 9.84 Å². The topological polar surface area (TPSA) is 58.6 Å². The molecule has 0 aliphatic carbocycles. The minimum absolute atomic E-state index is 0.210. The molecule has 0 atom stereocenters. The average Bonchev–Trinajstić information content (AvgIpc) is 1.97. The second kappa shape index (κ2) is 5.73. The Hall–Kier alpha value is -1.03. The number of allylic oxidation sites excluding steroid dienone is 1. The van der Waals surface area contributed by atoms with E-state index in [1.54, 1.807) is 14.0 Å². The van der Waals surface area contributed by atoms with Gasteiger partial charge in [0.15, 0.2) is 0 Å². The number of rotatable bonds is 5. The third kappa shape index (κ3) is 4.38. The van der Waals surface area contributed by atoms with Crippen molar-refractivity contribution in [2.24, 2.45) is 0 Å². The first-order valence-electron chi connectivity index (χ1n) is 3.34. The van der Waals surface area contributed by atoms with Gasteiger partial charge in [-0.15, -0.1) is 0 Å². The molecule has 0 rings (SSSR count). The molecule has 0 amide bonds. The smallest absolute Gasteiger partial charge is 0.351 e. The van der Waals surface area contributed by atoms with Gasteiger partial charge < -0.3 is 15.2 Å². The maximum Gasteiger partial charge on any atom is 0.351 e. The van der Waals surface area contributed by atoms with E-state index in [0.29, 0.717) is 13.2 Å². The largest absolute Gasteiger partial charge is 0.477 e. The predicted octanol–water partition coefficient (Wildman–Crippen LogP) is 0.211. The standard InChI is InChI=1S/C7H13NO3/c1-3-6(7(9)10)8-4-5-11-2/h3,8H,4-5H2,1-2H3,(H,9,10)/b6-3-. The van der Waals surface area contributed by atoms with Crippen LogP contribution in [0.5, 0.6) is 0 Å². The molecule has 0 spiro atoms. The second-order valence-corrected chi connectivity index (χ2v) is 1.93. The van der Waals surface area contributed by atoms with Crippen LogP contribution >= 0.6 is 0 Å². The third-order valence-electron chi connectivity index (χ3n) is 1.14. The highest BCUT2D eigenvalue weighted by atomic mass is 16.5. The lowest BCUT2D eigenvalue weighted by atomic mass is 10.4. The molecule has 0 saturated carbocycles. The molecule has 64 valence electrons. The number of aliphatic carboxylic acids is 1. The van der Waals surface area contributed by atoms with Crippen molar-refractivity contribution in [2.45, 2.75) is 6.92 Å². The Morgan fingerprint density at radius 2 is 2.36 bits per heavy atom. The van der Waals surface area contributed by atoms with E-state index in [1.807, 2.05) is 0 Å². The molecule has 0 aromatic carbocycles. The van der Waals surface area contributed by atoms with E-state index < -0.39 is 5.97 Å². The highest BCUT2D eigenvalue weighted by molar-refractivity contribution is 5.85. The van der Waals surface area contributed by atoms with E-state index >= 15 is 0 Å². The normalized spacial score (nSPS) is 11.3. The van der Waals surface area contributed by atoms with Crippen molar-refractivity contribution in [3.63, 3.8) is 0 Å². The molecular formula is C7H13NO3. The average molecular weight is 159 g/mol. The van der Waals surface area contributed by atoms with Crippen LogP contribution in [0.1, 0.15) is 6.92 Å². The molecule has 0 saturated heterocycles. The number of carboxylic acids is 1. The van der Waals surface area contributed by atoms with Gasteiger partial charge >= 0.3 is 5.97 Å². The molecule has 0 fully saturated rings. The summed E-state index contributed by atoms with van der Waals surface area (Å²) in [6, 6.07) is 0. The van der Waals surface area contributed by atoms with Crippen molar-refractivity contribution < 1.29 is 14.6 Å². The lowest BCUT2D eigenvalue weighted by molar-refractivity contribution is -0.133. The van der Waals surface area contributed by atoms with Gasteiger partial charge in [-0.1, -0.05) is 6.08 Å². The van der Waals surface area contributed by atoms with Gasteiger partial charge in [0, 0.05) is 13.7 Å². The molecule has 0 aliphatic rings. The molecule has 0 bridgehead atoms. The van der Waals surface area contributed by atoms with Crippen molar-refractivity contribution in [2.75, 3.05) is 20.3 Å². The van der Waals surface area contributed by atoms with Gasteiger partial charge in [-0.25, -0.2) is 4.79 Å². The van der Waals surface area contributed by atoms with Gasteiger partial charge in [-0.05, 0) is 6.92 Å². The number of ether oxygens (including phenoxy) is 1. The molecular weight excluding hydrogens is 146 g/mol. The molecule has 0 unspecified atom stereocenters. The predicted molar refractivity (Wildman–Crippen MR) is 41.3 cm³/mol. The summed E-state index contributed by atoms with van der Waals surface area (Å²) >= 11 is 0. The minimum atomic E-state index is -0.941. The Bertz CT molecular complexity index is 154. The highest BCUT2D eigenvalue weighted by Gasteiger charge is 2.02. The van der Waals surface area contributed by atoms with Crippen LogP contribution < -0.4 is 5.32 Å². The lowest BCUT2D eigenvalue weighted by Gasteiger charge is -2.04. The van der Waals surface area contributed by atoms with Gasteiger partial charge in [0.1, 0.15) is 5.70 Å².